The standard InChI is InChI=1S/C27H35NO2/c1-9-26(3,4)19-16-21-22(15-18-11-13-20(14-12-18)28(7)8)25(29)30-24(21)23(17-19)27(5,6)10-2/h11-17H,9-10H2,1-8H3/b22-15-. The monoisotopic (exact) mass is 405 g/mol. The van der Waals surface area contributed by atoms with E-state index in [2.05, 4.69) is 70.7 Å². The Hall–Kier alpha value is -2.55. The van der Waals surface area contributed by atoms with Gasteiger partial charge in [0.25, 0.3) is 0 Å². The van der Waals surface area contributed by atoms with Gasteiger partial charge in [-0.2, -0.15) is 0 Å². The second-order valence-electron chi connectivity index (χ2n) is 9.81. The Morgan fingerprint density at radius 2 is 1.53 bits per heavy atom. The lowest BCUT2D eigenvalue weighted by atomic mass is 9.75. The van der Waals surface area contributed by atoms with Gasteiger partial charge in [0.2, 0.25) is 0 Å². The van der Waals surface area contributed by atoms with E-state index in [1.54, 1.807) is 0 Å². The molecule has 1 heterocycles. The van der Waals surface area contributed by atoms with Crippen molar-refractivity contribution in [2.45, 2.75) is 65.2 Å². The minimum atomic E-state index is -0.263. The zero-order chi connectivity index (χ0) is 22.3. The van der Waals surface area contributed by atoms with Gasteiger partial charge >= 0.3 is 5.97 Å². The van der Waals surface area contributed by atoms with Gasteiger partial charge in [-0.1, -0.05) is 59.7 Å². The number of carbonyl (C=O) groups is 1. The molecule has 2 aromatic rings. The Morgan fingerprint density at radius 3 is 2.07 bits per heavy atom. The van der Waals surface area contributed by atoms with Gasteiger partial charge in [0.15, 0.2) is 0 Å². The summed E-state index contributed by atoms with van der Waals surface area (Å²) in [7, 11) is 4.04. The van der Waals surface area contributed by atoms with Crippen LogP contribution in [-0.4, -0.2) is 20.1 Å². The molecule has 0 atom stereocenters. The van der Waals surface area contributed by atoms with E-state index in [1.165, 1.54) is 5.56 Å². The number of rotatable bonds is 6. The first-order valence-electron chi connectivity index (χ1n) is 10.9. The minimum absolute atomic E-state index is 0.0255. The van der Waals surface area contributed by atoms with E-state index in [-0.39, 0.29) is 16.8 Å². The highest BCUT2D eigenvalue weighted by molar-refractivity contribution is 6.26. The fourth-order valence-electron chi connectivity index (χ4n) is 3.66. The van der Waals surface area contributed by atoms with Crippen LogP contribution in [0.4, 0.5) is 5.69 Å². The molecule has 0 fully saturated rings. The number of hydrogen-bond donors (Lipinski definition) is 0. The lowest BCUT2D eigenvalue weighted by Crippen LogP contribution is -2.21. The highest BCUT2D eigenvalue weighted by atomic mass is 16.5. The van der Waals surface area contributed by atoms with Gasteiger partial charge in [0.05, 0.1) is 5.57 Å². The van der Waals surface area contributed by atoms with Crippen LogP contribution >= 0.6 is 0 Å². The average Bonchev–Trinajstić information content (AvgIpc) is 3.02. The summed E-state index contributed by atoms with van der Waals surface area (Å²) in [5.41, 5.74) is 6.02. The first-order chi connectivity index (χ1) is 14.0. The lowest BCUT2D eigenvalue weighted by molar-refractivity contribution is -0.127. The van der Waals surface area contributed by atoms with Crippen molar-refractivity contribution >= 4 is 23.3 Å². The van der Waals surface area contributed by atoms with Crippen molar-refractivity contribution in [1.82, 2.24) is 0 Å². The van der Waals surface area contributed by atoms with Crippen molar-refractivity contribution in [3.05, 3.63) is 58.7 Å². The van der Waals surface area contributed by atoms with Crippen LogP contribution in [0.3, 0.4) is 0 Å². The Bertz CT molecular complexity index is 979. The molecular formula is C27H35NO2. The predicted octanol–water partition coefficient (Wildman–Crippen LogP) is 6.59. The molecule has 3 nitrogen and oxygen atoms in total. The third-order valence-electron chi connectivity index (χ3n) is 6.79. The van der Waals surface area contributed by atoms with Gasteiger partial charge in [0, 0.05) is 30.9 Å². The molecule has 0 spiro atoms. The van der Waals surface area contributed by atoms with E-state index in [9.17, 15) is 4.79 Å². The predicted molar refractivity (Wildman–Crippen MR) is 127 cm³/mol. The van der Waals surface area contributed by atoms with E-state index in [4.69, 9.17) is 4.74 Å². The van der Waals surface area contributed by atoms with Crippen LogP contribution in [0.15, 0.2) is 36.4 Å². The van der Waals surface area contributed by atoms with Crippen LogP contribution in [-0.2, 0) is 15.6 Å². The first-order valence-corrected chi connectivity index (χ1v) is 10.9. The fourth-order valence-corrected chi connectivity index (χ4v) is 3.66. The molecule has 3 rings (SSSR count). The van der Waals surface area contributed by atoms with Crippen LogP contribution in [0.25, 0.3) is 11.6 Å². The highest BCUT2D eigenvalue weighted by Crippen LogP contribution is 2.46. The maximum Gasteiger partial charge on any atom is 0.344 e. The number of ether oxygens (including phenoxy) is 1. The van der Waals surface area contributed by atoms with E-state index in [0.29, 0.717) is 5.57 Å². The van der Waals surface area contributed by atoms with Crippen LogP contribution < -0.4 is 9.64 Å². The minimum Gasteiger partial charge on any atom is -0.422 e. The lowest BCUT2D eigenvalue weighted by Gasteiger charge is -2.30. The summed E-state index contributed by atoms with van der Waals surface area (Å²) in [5.74, 6) is 0.472. The zero-order valence-corrected chi connectivity index (χ0v) is 19.7. The van der Waals surface area contributed by atoms with Crippen molar-refractivity contribution in [1.29, 1.82) is 0 Å². The van der Waals surface area contributed by atoms with Crippen LogP contribution in [0.5, 0.6) is 5.75 Å². The quantitative estimate of drug-likeness (QED) is 0.308. The Balaban J connectivity index is 2.19. The average molecular weight is 406 g/mol. The molecule has 0 unspecified atom stereocenters. The van der Waals surface area contributed by atoms with Crippen molar-refractivity contribution in [3.63, 3.8) is 0 Å². The van der Waals surface area contributed by atoms with E-state index in [1.807, 2.05) is 32.3 Å². The topological polar surface area (TPSA) is 29.5 Å². The summed E-state index contributed by atoms with van der Waals surface area (Å²) in [6.45, 7) is 13.4. The highest BCUT2D eigenvalue weighted by Gasteiger charge is 2.36. The number of benzene rings is 2. The molecule has 0 N–H and O–H groups in total. The smallest absolute Gasteiger partial charge is 0.344 e. The third kappa shape index (κ3) is 4.03. The van der Waals surface area contributed by atoms with Gasteiger partial charge in [-0.05, 0) is 59.1 Å². The molecule has 30 heavy (non-hydrogen) atoms. The van der Waals surface area contributed by atoms with Crippen LogP contribution in [0.1, 0.15) is 76.6 Å². The molecule has 0 aromatic heterocycles. The number of hydrogen-bond acceptors (Lipinski definition) is 3. The molecule has 1 aliphatic rings. The second kappa shape index (κ2) is 7.94. The molecule has 0 saturated carbocycles. The maximum absolute atomic E-state index is 12.9. The van der Waals surface area contributed by atoms with Gasteiger partial charge in [-0.3, -0.25) is 0 Å². The summed E-state index contributed by atoms with van der Waals surface area (Å²) in [6.07, 6.45) is 3.95. The van der Waals surface area contributed by atoms with Crippen molar-refractivity contribution in [2.24, 2.45) is 0 Å². The summed E-state index contributed by atoms with van der Waals surface area (Å²) in [6, 6.07) is 12.6. The van der Waals surface area contributed by atoms with Crippen LogP contribution in [0, 0.1) is 0 Å². The van der Waals surface area contributed by atoms with E-state index < -0.39 is 0 Å². The number of fused-ring (bicyclic) bond motifs is 1. The maximum atomic E-state index is 12.9. The van der Waals surface area contributed by atoms with E-state index in [0.717, 1.165) is 41.0 Å². The molecule has 0 bridgehead atoms. The third-order valence-corrected chi connectivity index (χ3v) is 6.79. The van der Waals surface area contributed by atoms with E-state index >= 15 is 0 Å². The summed E-state index contributed by atoms with van der Waals surface area (Å²) in [4.78, 5) is 15.0. The Kier molecular flexibility index (Phi) is 5.86. The van der Waals surface area contributed by atoms with Gasteiger partial charge < -0.3 is 9.64 Å². The van der Waals surface area contributed by atoms with Crippen LogP contribution in [0.2, 0.25) is 0 Å². The molecule has 2 aromatic carbocycles. The van der Waals surface area contributed by atoms with Gasteiger partial charge in [0.1, 0.15) is 5.75 Å². The Labute approximate surface area is 181 Å². The first kappa shape index (κ1) is 22.1. The molecule has 0 aliphatic carbocycles. The van der Waals surface area contributed by atoms with Gasteiger partial charge in [-0.25, -0.2) is 4.79 Å². The molecule has 160 valence electrons. The number of anilines is 1. The summed E-state index contributed by atoms with van der Waals surface area (Å²) < 4.78 is 5.86. The summed E-state index contributed by atoms with van der Waals surface area (Å²) >= 11 is 0. The van der Waals surface area contributed by atoms with Gasteiger partial charge in [-0.15, -0.1) is 0 Å². The van der Waals surface area contributed by atoms with Crippen molar-refractivity contribution in [3.8, 4) is 5.75 Å². The molecule has 3 heteroatoms. The normalized spacial score (nSPS) is 15.3. The fraction of sp³-hybridized carbons (Fsp3) is 0.444. The molecule has 0 saturated heterocycles. The molecule has 1 aliphatic heterocycles. The Morgan fingerprint density at radius 1 is 0.933 bits per heavy atom. The van der Waals surface area contributed by atoms with Crippen molar-refractivity contribution < 1.29 is 9.53 Å². The number of carbonyl (C=O) groups excluding carboxylic acids is 1. The molecule has 0 amide bonds. The van der Waals surface area contributed by atoms with Crippen molar-refractivity contribution in [2.75, 3.05) is 19.0 Å². The molecular weight excluding hydrogens is 370 g/mol. The SMILES string of the molecule is CCC(C)(C)c1cc2c(c(C(C)(C)CC)c1)OC(=O)/C2=C\c1ccc(N(C)C)cc1. The zero-order valence-electron chi connectivity index (χ0n) is 19.7. The number of nitrogens with zero attached hydrogens (tertiary/aromatic N) is 1. The summed E-state index contributed by atoms with van der Waals surface area (Å²) in [5, 5.41) is 0. The second-order valence-corrected chi connectivity index (χ2v) is 9.81. The number of esters is 1. The molecule has 0 radical (unpaired) electrons. The largest absolute Gasteiger partial charge is 0.422 e.